The van der Waals surface area contributed by atoms with Crippen molar-refractivity contribution in [1.82, 2.24) is 4.98 Å². The van der Waals surface area contributed by atoms with Gasteiger partial charge >= 0.3 is 0 Å². The zero-order chi connectivity index (χ0) is 13.9. The normalized spacial score (nSPS) is 16.6. The molecule has 4 heteroatoms. The first-order chi connectivity index (χ1) is 9.79. The van der Waals surface area contributed by atoms with Gasteiger partial charge in [0.25, 0.3) is 0 Å². The molecule has 0 saturated heterocycles. The molecule has 2 aromatic rings. The van der Waals surface area contributed by atoms with E-state index in [1.54, 1.807) is 11.3 Å². The summed E-state index contributed by atoms with van der Waals surface area (Å²) in [5.74, 6) is 0.500. The Balaban J connectivity index is 1.92. The van der Waals surface area contributed by atoms with Crippen LogP contribution in [0.15, 0.2) is 29.6 Å². The van der Waals surface area contributed by atoms with Crippen LogP contribution in [0.3, 0.4) is 0 Å². The fourth-order valence-electron chi connectivity index (χ4n) is 2.83. The van der Waals surface area contributed by atoms with Gasteiger partial charge in [-0.3, -0.25) is 0 Å². The zero-order valence-electron chi connectivity index (χ0n) is 11.7. The van der Waals surface area contributed by atoms with E-state index in [4.69, 9.17) is 11.6 Å². The Bertz CT molecular complexity index is 581. The molecule has 0 spiro atoms. The van der Waals surface area contributed by atoms with Crippen LogP contribution in [0.4, 0.5) is 5.69 Å². The van der Waals surface area contributed by atoms with Crippen molar-refractivity contribution in [3.8, 4) is 0 Å². The van der Waals surface area contributed by atoms with E-state index in [1.165, 1.54) is 30.5 Å². The summed E-state index contributed by atoms with van der Waals surface area (Å²) >= 11 is 7.59. The second kappa shape index (κ2) is 6.15. The lowest BCUT2D eigenvalue weighted by atomic mass is 10.1. The van der Waals surface area contributed by atoms with Crippen molar-refractivity contribution < 1.29 is 0 Å². The minimum absolute atomic E-state index is 0.316. The van der Waals surface area contributed by atoms with Crippen molar-refractivity contribution in [2.45, 2.75) is 38.1 Å². The van der Waals surface area contributed by atoms with Gasteiger partial charge in [-0.05, 0) is 37.8 Å². The van der Waals surface area contributed by atoms with Crippen molar-refractivity contribution in [3.63, 3.8) is 0 Å². The molecule has 0 bridgehead atoms. The van der Waals surface area contributed by atoms with Crippen LogP contribution >= 0.6 is 22.9 Å². The molecule has 2 nitrogen and oxygen atoms in total. The summed E-state index contributed by atoms with van der Waals surface area (Å²) in [6.45, 7) is 3.35. The number of fused-ring (bicyclic) bond motifs is 1. The van der Waals surface area contributed by atoms with Crippen molar-refractivity contribution in [2.24, 2.45) is 0 Å². The number of thiazole rings is 1. The van der Waals surface area contributed by atoms with E-state index in [0.717, 1.165) is 17.2 Å². The average Bonchev–Trinajstić information content (AvgIpc) is 2.86. The average molecular weight is 307 g/mol. The van der Waals surface area contributed by atoms with Gasteiger partial charge in [-0.15, -0.1) is 22.9 Å². The molecule has 0 saturated carbocycles. The van der Waals surface area contributed by atoms with Crippen molar-refractivity contribution in [1.29, 1.82) is 0 Å². The van der Waals surface area contributed by atoms with Crippen LogP contribution in [0.5, 0.6) is 0 Å². The van der Waals surface area contributed by atoms with Gasteiger partial charge in [0, 0.05) is 17.6 Å². The highest BCUT2D eigenvalue weighted by Gasteiger charge is 2.22. The van der Waals surface area contributed by atoms with E-state index in [0.29, 0.717) is 11.9 Å². The summed E-state index contributed by atoms with van der Waals surface area (Å²) in [7, 11) is 0. The molecule has 3 rings (SSSR count). The molecule has 2 heterocycles. The highest BCUT2D eigenvalue weighted by Crippen LogP contribution is 2.34. The summed E-state index contributed by atoms with van der Waals surface area (Å²) in [4.78, 5) is 7.15. The summed E-state index contributed by atoms with van der Waals surface area (Å²) in [6, 6.07) is 9.09. The number of benzene rings is 1. The lowest BCUT2D eigenvalue weighted by molar-refractivity contribution is 0.639. The largest absolute Gasteiger partial charge is 0.362 e. The van der Waals surface area contributed by atoms with E-state index in [9.17, 15) is 0 Å². The number of halogens is 1. The fourth-order valence-corrected chi connectivity index (χ4v) is 3.95. The first-order valence-electron chi connectivity index (χ1n) is 7.14. The predicted molar refractivity (Wildman–Crippen MR) is 86.8 cm³/mol. The minimum atomic E-state index is 0.316. The van der Waals surface area contributed by atoms with Crippen LogP contribution in [-0.4, -0.2) is 11.5 Å². The van der Waals surface area contributed by atoms with Gasteiger partial charge in [0.05, 0.1) is 17.6 Å². The first-order valence-corrected chi connectivity index (χ1v) is 8.56. The number of aryl methyl sites for hydroxylation is 1. The zero-order valence-corrected chi connectivity index (χ0v) is 13.3. The van der Waals surface area contributed by atoms with E-state index >= 15 is 0 Å². The standard InChI is InChI=1S/C16H19ClN2S/c1-12(16-18-14(10-17)11-20-16)19-9-5-4-7-13-6-2-3-8-15(13)19/h2-3,6,8,11-12H,4-5,7,9-10H2,1H3. The molecule has 20 heavy (non-hydrogen) atoms. The lowest BCUT2D eigenvalue weighted by Gasteiger charge is -2.30. The van der Waals surface area contributed by atoms with E-state index in [1.807, 2.05) is 0 Å². The molecule has 0 radical (unpaired) electrons. The molecule has 0 N–H and O–H groups in total. The van der Waals surface area contributed by atoms with Gasteiger partial charge < -0.3 is 4.90 Å². The van der Waals surface area contributed by atoms with Crippen LogP contribution < -0.4 is 4.90 Å². The third-order valence-corrected chi connectivity index (χ3v) is 5.27. The summed E-state index contributed by atoms with van der Waals surface area (Å²) < 4.78 is 0. The van der Waals surface area contributed by atoms with Crippen LogP contribution in [0.25, 0.3) is 0 Å². The highest BCUT2D eigenvalue weighted by molar-refractivity contribution is 7.09. The van der Waals surface area contributed by atoms with Gasteiger partial charge in [-0.25, -0.2) is 4.98 Å². The van der Waals surface area contributed by atoms with Gasteiger partial charge in [-0.1, -0.05) is 18.2 Å². The van der Waals surface area contributed by atoms with Crippen LogP contribution in [-0.2, 0) is 12.3 Å². The fraction of sp³-hybridized carbons (Fsp3) is 0.438. The second-order valence-corrected chi connectivity index (χ2v) is 6.42. The van der Waals surface area contributed by atoms with Crippen molar-refractivity contribution in [3.05, 3.63) is 45.9 Å². The quantitative estimate of drug-likeness (QED) is 0.758. The van der Waals surface area contributed by atoms with Crippen molar-refractivity contribution in [2.75, 3.05) is 11.4 Å². The van der Waals surface area contributed by atoms with E-state index in [2.05, 4.69) is 46.5 Å². The monoisotopic (exact) mass is 306 g/mol. The Hall–Kier alpha value is -1.06. The number of anilines is 1. The number of para-hydroxylation sites is 1. The first kappa shape index (κ1) is 13.9. The molecule has 0 aliphatic carbocycles. The molecule has 1 aliphatic rings. The molecular formula is C16H19ClN2S. The maximum atomic E-state index is 5.87. The Labute approximate surface area is 129 Å². The number of hydrogen-bond acceptors (Lipinski definition) is 3. The SMILES string of the molecule is CC(c1nc(CCl)cs1)N1CCCCc2ccccc21. The molecule has 1 aromatic carbocycles. The predicted octanol–water partition coefficient (Wildman–Crippen LogP) is 4.79. The number of hydrogen-bond donors (Lipinski definition) is 0. The number of rotatable bonds is 3. The third-order valence-electron chi connectivity index (χ3n) is 3.93. The molecule has 1 unspecified atom stereocenters. The lowest BCUT2D eigenvalue weighted by Crippen LogP contribution is -2.27. The summed E-state index contributed by atoms with van der Waals surface area (Å²) in [5, 5.41) is 3.24. The van der Waals surface area contributed by atoms with Gasteiger partial charge in [0.1, 0.15) is 5.01 Å². The molecule has 1 aliphatic heterocycles. The topological polar surface area (TPSA) is 16.1 Å². The second-order valence-electron chi connectivity index (χ2n) is 5.27. The molecule has 0 fully saturated rings. The smallest absolute Gasteiger partial charge is 0.115 e. The Morgan fingerprint density at radius 3 is 3.00 bits per heavy atom. The van der Waals surface area contributed by atoms with Gasteiger partial charge in [0.2, 0.25) is 0 Å². The summed E-state index contributed by atoms with van der Waals surface area (Å²) in [5.41, 5.74) is 3.83. The summed E-state index contributed by atoms with van der Waals surface area (Å²) in [6.07, 6.45) is 3.70. The minimum Gasteiger partial charge on any atom is -0.362 e. The molecular weight excluding hydrogens is 288 g/mol. The Morgan fingerprint density at radius 2 is 2.20 bits per heavy atom. The molecule has 1 atom stereocenters. The third kappa shape index (κ3) is 2.70. The van der Waals surface area contributed by atoms with Gasteiger partial charge in [-0.2, -0.15) is 0 Å². The Morgan fingerprint density at radius 1 is 1.35 bits per heavy atom. The van der Waals surface area contributed by atoms with Crippen LogP contribution in [0, 0.1) is 0 Å². The maximum absolute atomic E-state index is 5.87. The highest BCUT2D eigenvalue weighted by atomic mass is 35.5. The molecule has 1 aromatic heterocycles. The van der Waals surface area contributed by atoms with Crippen molar-refractivity contribution >= 4 is 28.6 Å². The maximum Gasteiger partial charge on any atom is 0.115 e. The number of aromatic nitrogens is 1. The molecule has 0 amide bonds. The van der Waals surface area contributed by atoms with Crippen LogP contribution in [0.2, 0.25) is 0 Å². The van der Waals surface area contributed by atoms with Crippen LogP contribution in [0.1, 0.15) is 42.1 Å². The number of nitrogens with zero attached hydrogens (tertiary/aromatic N) is 2. The molecule has 106 valence electrons. The van der Waals surface area contributed by atoms with E-state index < -0.39 is 0 Å². The Kier molecular flexibility index (Phi) is 4.27. The number of alkyl halides is 1. The van der Waals surface area contributed by atoms with Gasteiger partial charge in [0.15, 0.2) is 0 Å². The van der Waals surface area contributed by atoms with E-state index in [-0.39, 0.29) is 0 Å².